The predicted octanol–water partition coefficient (Wildman–Crippen LogP) is 10.9. The summed E-state index contributed by atoms with van der Waals surface area (Å²) >= 11 is -3.16. The molecule has 0 saturated carbocycles. The Hall–Kier alpha value is -3.32. The average Bonchev–Trinajstić information content (AvgIpc) is 3.66. The van der Waals surface area contributed by atoms with Crippen LogP contribution >= 0.6 is 0 Å². The van der Waals surface area contributed by atoms with Gasteiger partial charge in [-0.05, 0) is 52.0 Å². The molecular weight excluding hydrogens is 625 g/mol. The molecule has 46 heavy (non-hydrogen) atoms. The van der Waals surface area contributed by atoms with Crippen LogP contribution in [0.4, 0.5) is 11.7 Å². The van der Waals surface area contributed by atoms with Crippen molar-refractivity contribution < 1.29 is 26.0 Å². The van der Waals surface area contributed by atoms with Crippen molar-refractivity contribution in [1.82, 2.24) is 10.3 Å². The fraction of sp³-hybridized carbons (Fsp3) is 0.471. The summed E-state index contributed by atoms with van der Waals surface area (Å²) in [5.74, 6) is 1.50. The normalized spacial score (nSPS) is 9.91. The number of nitrogens with one attached hydrogen (secondary N) is 2. The van der Waals surface area contributed by atoms with Crippen LogP contribution in [-0.4, -0.2) is 18.7 Å². The lowest BCUT2D eigenvalue weighted by Crippen LogP contribution is -2.06. The number of rotatable bonds is 8. The fourth-order valence-electron chi connectivity index (χ4n) is 2.34. The highest BCUT2D eigenvalue weighted by molar-refractivity contribution is 7.80. The summed E-state index contributed by atoms with van der Waals surface area (Å²) in [4.78, 5) is 1.16. The van der Waals surface area contributed by atoms with Crippen molar-refractivity contribution >= 4 is 33.9 Å². The molecule has 4 rings (SSSR count). The number of nitrogens with zero attached hydrogens (tertiary/aromatic N) is 2. The first-order valence-corrected chi connectivity index (χ1v) is 18.2. The molecule has 0 amide bonds. The highest BCUT2D eigenvalue weighted by Crippen LogP contribution is 2.19. The first kappa shape index (κ1) is 49.6. The maximum absolute atomic E-state index is 11.7. The molecule has 2 atom stereocenters. The zero-order chi connectivity index (χ0) is 36.5. The van der Waals surface area contributed by atoms with Gasteiger partial charge in [0.05, 0.1) is 15.5 Å². The minimum absolute atomic E-state index is 0.367. The fourth-order valence-corrected chi connectivity index (χ4v) is 3.59. The van der Waals surface area contributed by atoms with E-state index in [9.17, 15) is 8.42 Å². The third kappa shape index (κ3) is 19.9. The van der Waals surface area contributed by atoms with Gasteiger partial charge in [0.2, 0.25) is 22.2 Å². The monoisotopic (exact) mass is 684 g/mol. The molecule has 2 N–H and O–H groups in total. The molecular formula is C34H60N4O6S2. The van der Waals surface area contributed by atoms with E-state index in [1.54, 1.807) is 55.5 Å². The van der Waals surface area contributed by atoms with E-state index in [-0.39, 0.29) is 0 Å². The van der Waals surface area contributed by atoms with Crippen molar-refractivity contribution in [2.45, 2.75) is 121 Å². The van der Waals surface area contributed by atoms with Gasteiger partial charge in [0.15, 0.2) is 5.82 Å². The van der Waals surface area contributed by atoms with Gasteiger partial charge in [0.25, 0.3) is 5.88 Å². The zero-order valence-electron chi connectivity index (χ0n) is 30.9. The average molecular weight is 685 g/mol. The maximum atomic E-state index is 11.7. The first-order chi connectivity index (χ1) is 22.4. The molecule has 2 aromatic carbocycles. The van der Waals surface area contributed by atoms with Crippen molar-refractivity contribution in [2.24, 2.45) is 0 Å². The van der Waals surface area contributed by atoms with Crippen molar-refractivity contribution in [2.75, 3.05) is 11.0 Å². The minimum Gasteiger partial charge on any atom is -0.359 e. The smallest absolute Gasteiger partial charge is 0.252 e. The molecule has 0 aliphatic rings. The van der Waals surface area contributed by atoms with E-state index in [1.165, 1.54) is 0 Å². The number of anilines is 2. The molecule has 2 heterocycles. The van der Waals surface area contributed by atoms with Crippen molar-refractivity contribution in [3.05, 3.63) is 83.2 Å². The van der Waals surface area contributed by atoms with Crippen LogP contribution in [0.2, 0.25) is 0 Å². The lowest BCUT2D eigenvalue weighted by atomic mass is 10.3. The zero-order valence-corrected chi connectivity index (χ0v) is 32.6. The number of hydrogen-bond acceptors (Lipinski definition) is 10. The number of aryl methyl sites for hydroxylation is 2. The van der Waals surface area contributed by atoms with Crippen molar-refractivity contribution in [1.29, 1.82) is 0 Å². The Morgan fingerprint density at radius 3 is 1.26 bits per heavy atom. The van der Waals surface area contributed by atoms with Gasteiger partial charge in [0, 0.05) is 11.1 Å². The molecule has 0 aliphatic heterocycles. The highest BCUT2D eigenvalue weighted by Gasteiger charge is 2.11. The molecule has 0 bridgehead atoms. The number of aromatic nitrogens is 2. The topological polar surface area (TPSA) is 129 Å². The largest absolute Gasteiger partial charge is 0.359 e. The van der Waals surface area contributed by atoms with E-state index in [0.29, 0.717) is 27.3 Å². The minimum atomic E-state index is -1.58. The number of benzene rings is 2. The van der Waals surface area contributed by atoms with Gasteiger partial charge < -0.3 is 9.05 Å². The molecule has 2 aromatic heterocycles. The second-order valence-electron chi connectivity index (χ2n) is 6.90. The van der Waals surface area contributed by atoms with Gasteiger partial charge in [0.1, 0.15) is 5.76 Å². The molecule has 0 radical (unpaired) electrons. The van der Waals surface area contributed by atoms with E-state index < -0.39 is 22.2 Å². The summed E-state index contributed by atoms with van der Waals surface area (Å²) < 4.78 is 43.3. The SMILES string of the molecule is CC.CC.CC.CC.CC.CC.Cc1noc(NOS(=O)c2ccccc2)c1C.Cc1onc(NOS(=O)c2ccccc2)c1C. The van der Waals surface area contributed by atoms with E-state index in [1.807, 2.05) is 116 Å². The Balaban J connectivity index is -0.000000289. The molecule has 264 valence electrons. The summed E-state index contributed by atoms with van der Waals surface area (Å²) in [6.45, 7) is 31.3. The Morgan fingerprint density at radius 2 is 0.935 bits per heavy atom. The van der Waals surface area contributed by atoms with Gasteiger partial charge in [-0.15, -0.1) is 0 Å². The third-order valence-electron chi connectivity index (χ3n) is 4.61. The Kier molecular flexibility index (Phi) is 37.2. The van der Waals surface area contributed by atoms with Crippen LogP contribution < -0.4 is 11.0 Å². The molecule has 4 aromatic rings. The Labute approximate surface area is 284 Å². The van der Waals surface area contributed by atoms with Gasteiger partial charge in [-0.1, -0.05) is 130 Å². The summed E-state index contributed by atoms with van der Waals surface area (Å²) in [7, 11) is 0. The molecule has 10 nitrogen and oxygen atoms in total. The van der Waals surface area contributed by atoms with Crippen LogP contribution in [0, 0.1) is 27.7 Å². The first-order valence-electron chi connectivity index (χ1n) is 16.0. The number of hydrogen-bond donors (Lipinski definition) is 2. The van der Waals surface area contributed by atoms with Crippen LogP contribution in [0.25, 0.3) is 0 Å². The highest BCUT2D eigenvalue weighted by atomic mass is 32.2. The Bertz CT molecular complexity index is 1150. The van der Waals surface area contributed by atoms with Gasteiger partial charge in [-0.25, -0.2) is 19.4 Å². The molecule has 0 aliphatic carbocycles. The predicted molar refractivity (Wildman–Crippen MR) is 195 cm³/mol. The van der Waals surface area contributed by atoms with Crippen LogP contribution in [0.3, 0.4) is 0 Å². The molecule has 0 saturated heterocycles. The molecule has 2 unspecified atom stereocenters. The van der Waals surface area contributed by atoms with Crippen LogP contribution in [0.1, 0.15) is 106 Å². The van der Waals surface area contributed by atoms with Gasteiger partial charge in [-0.2, -0.15) is 8.57 Å². The Morgan fingerprint density at radius 1 is 0.543 bits per heavy atom. The van der Waals surface area contributed by atoms with E-state index >= 15 is 0 Å². The molecule has 0 spiro atoms. The van der Waals surface area contributed by atoms with Gasteiger partial charge >= 0.3 is 0 Å². The third-order valence-corrected chi connectivity index (χ3v) is 6.39. The second-order valence-corrected chi connectivity index (χ2v) is 9.12. The van der Waals surface area contributed by atoms with Crippen LogP contribution in [0.5, 0.6) is 0 Å². The second kappa shape index (κ2) is 34.6. The quantitative estimate of drug-likeness (QED) is 0.173. The summed E-state index contributed by atoms with van der Waals surface area (Å²) in [5, 5.41) is 7.49. The van der Waals surface area contributed by atoms with Gasteiger partial charge in [-0.3, -0.25) is 0 Å². The lowest BCUT2D eigenvalue weighted by Gasteiger charge is -2.03. The maximum Gasteiger partial charge on any atom is 0.252 e. The van der Waals surface area contributed by atoms with E-state index in [2.05, 4.69) is 21.3 Å². The molecule has 12 heteroatoms. The summed E-state index contributed by atoms with van der Waals surface area (Å²) in [5.41, 5.74) is 7.45. The van der Waals surface area contributed by atoms with Crippen molar-refractivity contribution in [3.8, 4) is 0 Å². The van der Waals surface area contributed by atoms with E-state index in [0.717, 1.165) is 16.8 Å². The standard InChI is InChI=1S/2C11H12N2O3S.6C2H6/c1-8-9(2)15-12-11(8)13-16-17(14)10-6-4-3-5-7-10;1-8-9(2)12-15-11(8)13-16-17(14)10-6-4-3-5-7-10;6*1-2/h3-7H,1-2H3,(H,12,13);3-7,13H,1-2H3;6*1-2H3. The van der Waals surface area contributed by atoms with Crippen LogP contribution in [0.15, 0.2) is 79.5 Å². The lowest BCUT2D eigenvalue weighted by molar-refractivity contribution is 0.366. The summed E-state index contributed by atoms with van der Waals surface area (Å²) in [6.07, 6.45) is 0. The van der Waals surface area contributed by atoms with E-state index in [4.69, 9.17) is 17.6 Å². The van der Waals surface area contributed by atoms with Crippen molar-refractivity contribution in [3.63, 3.8) is 0 Å². The molecule has 0 fully saturated rings. The van der Waals surface area contributed by atoms with Crippen LogP contribution in [-0.2, 0) is 30.7 Å². The summed E-state index contributed by atoms with van der Waals surface area (Å²) in [6, 6.07) is 17.7.